The number of rotatable bonds is 6. The van der Waals surface area contributed by atoms with Crippen LogP contribution in [-0.4, -0.2) is 21.6 Å². The zero-order valence-electron chi connectivity index (χ0n) is 13.2. The van der Waals surface area contributed by atoms with Crippen LogP contribution < -0.4 is 10.6 Å². The molecular formula is C17H20N4O2. The van der Waals surface area contributed by atoms with E-state index in [1.807, 2.05) is 38.1 Å². The molecule has 0 atom stereocenters. The van der Waals surface area contributed by atoms with Crippen LogP contribution >= 0.6 is 0 Å². The Balaban J connectivity index is 1.90. The molecule has 120 valence electrons. The fourth-order valence-corrected chi connectivity index (χ4v) is 2.00. The molecule has 0 unspecified atom stereocenters. The normalized spacial score (nSPS) is 10.0. The van der Waals surface area contributed by atoms with Crippen LogP contribution in [-0.2, 0) is 22.7 Å². The Morgan fingerprint density at radius 3 is 2.78 bits per heavy atom. The van der Waals surface area contributed by atoms with Gasteiger partial charge in [-0.1, -0.05) is 17.7 Å². The number of nitrogens with one attached hydrogen (secondary N) is 2. The predicted molar refractivity (Wildman–Crippen MR) is 88.6 cm³/mol. The molecule has 2 rings (SSSR count). The van der Waals surface area contributed by atoms with Crippen molar-refractivity contribution >= 4 is 17.5 Å². The van der Waals surface area contributed by atoms with E-state index in [0.29, 0.717) is 12.2 Å². The first-order valence-electron chi connectivity index (χ1n) is 7.32. The number of allylic oxidation sites excluding steroid dienone is 1. The highest BCUT2D eigenvalue weighted by atomic mass is 16.2. The van der Waals surface area contributed by atoms with Crippen molar-refractivity contribution in [3.05, 3.63) is 59.9 Å². The van der Waals surface area contributed by atoms with Crippen LogP contribution in [0.2, 0.25) is 0 Å². The number of amides is 2. The first-order chi connectivity index (χ1) is 11.0. The second-order valence-corrected chi connectivity index (χ2v) is 5.39. The molecule has 23 heavy (non-hydrogen) atoms. The molecule has 0 aliphatic rings. The van der Waals surface area contributed by atoms with Crippen molar-refractivity contribution in [2.75, 3.05) is 5.32 Å². The predicted octanol–water partition coefficient (Wildman–Crippen LogP) is 2.10. The zero-order valence-corrected chi connectivity index (χ0v) is 13.2. The van der Waals surface area contributed by atoms with E-state index in [2.05, 4.69) is 15.7 Å². The summed E-state index contributed by atoms with van der Waals surface area (Å²) in [7, 11) is 0. The van der Waals surface area contributed by atoms with Crippen LogP contribution in [0.1, 0.15) is 19.4 Å². The minimum atomic E-state index is -0.153. The molecule has 6 heteroatoms. The van der Waals surface area contributed by atoms with Crippen LogP contribution in [0.4, 0.5) is 5.69 Å². The van der Waals surface area contributed by atoms with E-state index >= 15 is 0 Å². The highest BCUT2D eigenvalue weighted by molar-refractivity contribution is 5.90. The molecule has 1 heterocycles. The van der Waals surface area contributed by atoms with Gasteiger partial charge in [0.2, 0.25) is 11.8 Å². The molecule has 0 radical (unpaired) electrons. The highest BCUT2D eigenvalue weighted by Gasteiger charge is 2.05. The van der Waals surface area contributed by atoms with E-state index < -0.39 is 0 Å². The van der Waals surface area contributed by atoms with Crippen LogP contribution in [0, 0.1) is 0 Å². The Hall–Kier alpha value is -2.89. The van der Waals surface area contributed by atoms with Crippen molar-refractivity contribution in [3.8, 4) is 0 Å². The summed E-state index contributed by atoms with van der Waals surface area (Å²) < 4.78 is 1.55. The van der Waals surface area contributed by atoms with Gasteiger partial charge in [0, 0.05) is 30.7 Å². The van der Waals surface area contributed by atoms with Gasteiger partial charge in [0.15, 0.2) is 0 Å². The lowest BCUT2D eigenvalue weighted by atomic mass is 10.2. The van der Waals surface area contributed by atoms with E-state index in [-0.39, 0.29) is 18.4 Å². The van der Waals surface area contributed by atoms with Crippen LogP contribution in [0.15, 0.2) is 54.4 Å². The molecule has 2 amide bonds. The van der Waals surface area contributed by atoms with E-state index in [1.54, 1.807) is 29.2 Å². The number of hydrogen-bond acceptors (Lipinski definition) is 3. The molecule has 0 bridgehead atoms. The maximum Gasteiger partial charge on any atom is 0.246 e. The quantitative estimate of drug-likeness (QED) is 0.802. The molecule has 0 fully saturated rings. The zero-order chi connectivity index (χ0) is 16.7. The molecule has 2 N–H and O–H groups in total. The fourth-order valence-electron chi connectivity index (χ4n) is 2.00. The highest BCUT2D eigenvalue weighted by Crippen LogP contribution is 2.10. The summed E-state index contributed by atoms with van der Waals surface area (Å²) in [4.78, 5) is 23.5. The number of anilines is 1. The van der Waals surface area contributed by atoms with Gasteiger partial charge in [-0.15, -0.1) is 0 Å². The van der Waals surface area contributed by atoms with Crippen molar-refractivity contribution in [2.24, 2.45) is 0 Å². The number of benzene rings is 1. The standard InChI is InChI=1S/C17H20N4O2/c1-13(2)9-16(22)18-11-14-5-3-6-15(10-14)20-17(23)12-21-8-4-7-19-21/h3-10H,11-12H2,1-2H3,(H,18,22)(H,20,23). The van der Waals surface area contributed by atoms with Gasteiger partial charge < -0.3 is 10.6 Å². The second-order valence-electron chi connectivity index (χ2n) is 5.39. The molecule has 6 nitrogen and oxygen atoms in total. The Bertz CT molecular complexity index is 701. The van der Waals surface area contributed by atoms with Gasteiger partial charge in [-0.2, -0.15) is 5.10 Å². The van der Waals surface area contributed by atoms with Crippen molar-refractivity contribution in [1.82, 2.24) is 15.1 Å². The topological polar surface area (TPSA) is 76.0 Å². The number of carbonyl (C=O) groups excluding carboxylic acids is 2. The van der Waals surface area contributed by atoms with Gasteiger partial charge in [0.05, 0.1) is 0 Å². The van der Waals surface area contributed by atoms with Crippen molar-refractivity contribution in [2.45, 2.75) is 26.9 Å². The summed E-state index contributed by atoms with van der Waals surface area (Å²) in [6.07, 6.45) is 4.91. The van der Waals surface area contributed by atoms with Crippen LogP contribution in [0.5, 0.6) is 0 Å². The van der Waals surface area contributed by atoms with Gasteiger partial charge in [-0.25, -0.2) is 0 Å². The summed E-state index contributed by atoms with van der Waals surface area (Å²) in [5, 5.41) is 9.61. The Morgan fingerprint density at radius 1 is 1.26 bits per heavy atom. The second kappa shape index (κ2) is 7.93. The third-order valence-corrected chi connectivity index (χ3v) is 2.96. The monoisotopic (exact) mass is 312 g/mol. The smallest absolute Gasteiger partial charge is 0.246 e. The number of hydrogen-bond donors (Lipinski definition) is 2. The lowest BCUT2D eigenvalue weighted by molar-refractivity contribution is -0.117. The minimum Gasteiger partial charge on any atom is -0.348 e. The van der Waals surface area contributed by atoms with Gasteiger partial charge in [0.1, 0.15) is 6.54 Å². The summed E-state index contributed by atoms with van der Waals surface area (Å²) >= 11 is 0. The molecular weight excluding hydrogens is 292 g/mol. The van der Waals surface area contributed by atoms with E-state index in [0.717, 1.165) is 11.1 Å². The molecule has 1 aromatic carbocycles. The summed E-state index contributed by atoms with van der Waals surface area (Å²) in [6.45, 7) is 4.31. The first-order valence-corrected chi connectivity index (χ1v) is 7.32. The summed E-state index contributed by atoms with van der Waals surface area (Å²) in [5.74, 6) is -0.280. The number of carbonyl (C=O) groups is 2. The first kappa shape index (κ1) is 16.5. The average Bonchev–Trinajstić information content (AvgIpc) is 2.97. The van der Waals surface area contributed by atoms with Crippen molar-refractivity contribution in [1.29, 1.82) is 0 Å². The van der Waals surface area contributed by atoms with Gasteiger partial charge in [-0.05, 0) is 37.6 Å². The van der Waals surface area contributed by atoms with Crippen molar-refractivity contribution in [3.63, 3.8) is 0 Å². The minimum absolute atomic E-state index is 0.127. The third kappa shape index (κ3) is 5.78. The number of nitrogens with zero attached hydrogens (tertiary/aromatic N) is 2. The molecule has 0 aliphatic carbocycles. The van der Waals surface area contributed by atoms with E-state index in [1.165, 1.54) is 0 Å². The molecule has 2 aromatic rings. The van der Waals surface area contributed by atoms with Crippen LogP contribution in [0.3, 0.4) is 0 Å². The number of aromatic nitrogens is 2. The maximum atomic E-state index is 11.9. The van der Waals surface area contributed by atoms with Gasteiger partial charge in [-0.3, -0.25) is 14.3 Å². The van der Waals surface area contributed by atoms with Crippen LogP contribution in [0.25, 0.3) is 0 Å². The lowest BCUT2D eigenvalue weighted by Gasteiger charge is -2.08. The molecule has 0 saturated carbocycles. The lowest BCUT2D eigenvalue weighted by Crippen LogP contribution is -2.21. The Kier molecular flexibility index (Phi) is 5.68. The van der Waals surface area contributed by atoms with Gasteiger partial charge in [0.25, 0.3) is 0 Å². The largest absolute Gasteiger partial charge is 0.348 e. The van der Waals surface area contributed by atoms with Crippen molar-refractivity contribution < 1.29 is 9.59 Å². The van der Waals surface area contributed by atoms with E-state index in [9.17, 15) is 9.59 Å². The fraction of sp³-hybridized carbons (Fsp3) is 0.235. The summed E-state index contributed by atoms with van der Waals surface area (Å²) in [6, 6.07) is 9.15. The van der Waals surface area contributed by atoms with Gasteiger partial charge >= 0.3 is 0 Å². The molecule has 0 saturated heterocycles. The maximum absolute atomic E-state index is 11.9. The summed E-state index contributed by atoms with van der Waals surface area (Å²) in [5.41, 5.74) is 2.55. The average molecular weight is 312 g/mol. The molecule has 0 aliphatic heterocycles. The third-order valence-electron chi connectivity index (χ3n) is 2.96. The Labute approximate surface area is 135 Å². The molecule has 0 spiro atoms. The molecule has 1 aromatic heterocycles. The Morgan fingerprint density at radius 2 is 2.09 bits per heavy atom. The van der Waals surface area contributed by atoms with E-state index in [4.69, 9.17) is 0 Å². The SMILES string of the molecule is CC(C)=CC(=O)NCc1cccc(NC(=O)Cn2cccn2)c1.